The van der Waals surface area contributed by atoms with Crippen LogP contribution in [-0.2, 0) is 0 Å². The second-order valence-corrected chi connectivity index (χ2v) is 7.48. The molecule has 0 bridgehead atoms. The van der Waals surface area contributed by atoms with Crippen LogP contribution in [0.15, 0.2) is 30.7 Å². The molecule has 134 valence electrons. The Balaban J connectivity index is 1.89. The number of benzene rings is 1. The van der Waals surface area contributed by atoms with Gasteiger partial charge in [0, 0.05) is 0 Å². The van der Waals surface area contributed by atoms with E-state index in [1.165, 1.54) is 12.8 Å². The van der Waals surface area contributed by atoms with E-state index >= 15 is 0 Å². The van der Waals surface area contributed by atoms with Gasteiger partial charge in [-0.2, -0.15) is 0 Å². The van der Waals surface area contributed by atoms with Crippen LogP contribution in [0.4, 0.5) is 10.5 Å². The summed E-state index contributed by atoms with van der Waals surface area (Å²) in [5.41, 5.74) is 3.24. The zero-order valence-corrected chi connectivity index (χ0v) is 16.3. The first-order valence-corrected chi connectivity index (χ1v) is 9.61. The number of carboxylic acid groups (broad SMARTS) is 1. The first kappa shape index (κ1) is 17.6. The van der Waals surface area contributed by atoms with Crippen molar-refractivity contribution in [2.24, 2.45) is 0 Å². The van der Waals surface area contributed by atoms with Crippen molar-refractivity contribution < 1.29 is 9.90 Å². The fourth-order valence-electron chi connectivity index (χ4n) is 3.78. The van der Waals surface area contributed by atoms with Gasteiger partial charge in [0.1, 0.15) is 0 Å². The summed E-state index contributed by atoms with van der Waals surface area (Å²) in [4.78, 5) is 19.8. The molecule has 1 amide bonds. The molecule has 7 nitrogen and oxygen atoms in total. The molecule has 0 saturated heterocycles. The van der Waals surface area contributed by atoms with Gasteiger partial charge in [0.25, 0.3) is 0 Å². The minimum atomic E-state index is -1.20. The molecule has 4 rings (SSSR count). The van der Waals surface area contributed by atoms with E-state index in [0.29, 0.717) is 6.04 Å². The van der Waals surface area contributed by atoms with Crippen LogP contribution >= 0.6 is 0 Å². The molecule has 1 aliphatic carbocycles. The Kier molecular flexibility index (Phi) is 4.59. The van der Waals surface area contributed by atoms with Crippen LogP contribution in [0.5, 0.6) is 0 Å². The predicted molar refractivity (Wildman–Crippen MR) is 102 cm³/mol. The zero-order valence-electron chi connectivity index (χ0n) is 14.4. The normalized spacial score (nSPS) is 14.4. The van der Waals surface area contributed by atoms with Crippen LogP contribution in [-0.4, -0.2) is 42.6 Å². The molecular formula is C19H16AsN5O2. The number of hydrogen-bond acceptors (Lipinski definition) is 4. The third-order valence-corrected chi connectivity index (χ3v) is 5.71. The van der Waals surface area contributed by atoms with Gasteiger partial charge in [-0.15, -0.1) is 0 Å². The summed E-state index contributed by atoms with van der Waals surface area (Å²) >= 11 is 2.48. The number of nitrogens with one attached hydrogen (secondary N) is 1. The summed E-state index contributed by atoms with van der Waals surface area (Å²) in [6.45, 7) is 0. The number of rotatable bonds is 3. The minimum absolute atomic E-state index is 0.275. The van der Waals surface area contributed by atoms with Crippen LogP contribution < -0.4 is 9.80 Å². The molecule has 2 radical (unpaired) electrons. The number of hydrogen-bond donors (Lipinski definition) is 2. The van der Waals surface area contributed by atoms with Gasteiger partial charge < -0.3 is 0 Å². The molecule has 2 heterocycles. The van der Waals surface area contributed by atoms with Crippen LogP contribution in [0.3, 0.4) is 0 Å². The molecule has 2 aromatic heterocycles. The molecule has 1 aliphatic rings. The van der Waals surface area contributed by atoms with E-state index in [1.54, 1.807) is 18.5 Å². The van der Waals surface area contributed by atoms with E-state index in [-0.39, 0.29) is 11.3 Å². The summed E-state index contributed by atoms with van der Waals surface area (Å²) in [5.74, 6) is 0. The molecule has 1 saturated carbocycles. The van der Waals surface area contributed by atoms with E-state index in [2.05, 4.69) is 49.0 Å². The topological polar surface area (TPSA) is 104 Å². The van der Waals surface area contributed by atoms with E-state index in [9.17, 15) is 10.1 Å². The zero-order chi connectivity index (χ0) is 19.0. The molecule has 8 heteroatoms. The van der Waals surface area contributed by atoms with E-state index in [4.69, 9.17) is 5.11 Å². The van der Waals surface area contributed by atoms with E-state index in [1.807, 2.05) is 6.07 Å². The maximum absolute atomic E-state index is 10.9. The van der Waals surface area contributed by atoms with Crippen LogP contribution in [0.25, 0.3) is 22.2 Å². The van der Waals surface area contributed by atoms with Crippen molar-refractivity contribution >= 4 is 44.1 Å². The molecule has 27 heavy (non-hydrogen) atoms. The molecule has 0 atom stereocenters. The Morgan fingerprint density at radius 3 is 2.81 bits per heavy atom. The molecule has 0 unspecified atom stereocenters. The van der Waals surface area contributed by atoms with Crippen molar-refractivity contribution in [2.75, 3.05) is 5.32 Å². The Bertz CT molecular complexity index is 1080. The van der Waals surface area contributed by atoms with Gasteiger partial charge in [-0.3, -0.25) is 0 Å². The summed E-state index contributed by atoms with van der Waals surface area (Å²) in [6.07, 6.45) is 7.16. The van der Waals surface area contributed by atoms with Gasteiger partial charge >= 0.3 is 164 Å². The number of aromatic nitrogens is 3. The third-order valence-electron chi connectivity index (χ3n) is 5.00. The first-order chi connectivity index (χ1) is 13.1. The van der Waals surface area contributed by atoms with Gasteiger partial charge in [0.2, 0.25) is 0 Å². The van der Waals surface area contributed by atoms with Gasteiger partial charge in [-0.25, -0.2) is 0 Å². The second kappa shape index (κ2) is 7.05. The summed E-state index contributed by atoms with van der Waals surface area (Å²) in [5, 5.41) is 21.6. The van der Waals surface area contributed by atoms with Gasteiger partial charge in [0.15, 0.2) is 0 Å². The number of nitriles is 1. The summed E-state index contributed by atoms with van der Waals surface area (Å²) < 4.78 is 3.05. The molecular weight excluding hydrogens is 405 g/mol. The second-order valence-electron chi connectivity index (χ2n) is 6.59. The van der Waals surface area contributed by atoms with Crippen molar-refractivity contribution in [1.82, 2.24) is 14.5 Å². The Labute approximate surface area is 164 Å². The average Bonchev–Trinajstić information content (AvgIpc) is 3.29. The van der Waals surface area contributed by atoms with Gasteiger partial charge in [0.05, 0.1) is 0 Å². The van der Waals surface area contributed by atoms with Crippen molar-refractivity contribution in [1.29, 1.82) is 5.26 Å². The fourth-order valence-corrected chi connectivity index (χ4v) is 4.35. The number of amides is 1. The number of carbonyl (C=O) groups is 1. The first-order valence-electron chi connectivity index (χ1n) is 8.67. The number of nitrogens with zero attached hydrogens (tertiary/aromatic N) is 4. The Morgan fingerprint density at radius 2 is 2.11 bits per heavy atom. The van der Waals surface area contributed by atoms with Gasteiger partial charge in [-0.1, -0.05) is 0 Å². The number of anilines is 1. The molecule has 3 aromatic rings. The quantitative estimate of drug-likeness (QED) is 0.633. The predicted octanol–water partition coefficient (Wildman–Crippen LogP) is 2.97. The SMILES string of the molecule is N#Cc1cc(-c2cn(C3CCCC3)c3ncnc([As])c23)ccc1NC(=O)O. The molecule has 0 aliphatic heterocycles. The van der Waals surface area contributed by atoms with Crippen LogP contribution in [0, 0.1) is 11.3 Å². The van der Waals surface area contributed by atoms with E-state index < -0.39 is 6.09 Å². The fraction of sp³-hybridized carbons (Fsp3) is 0.263. The molecule has 1 aromatic carbocycles. The average molecular weight is 421 g/mol. The maximum atomic E-state index is 10.9. The molecule has 2 N–H and O–H groups in total. The van der Waals surface area contributed by atoms with Crippen molar-refractivity contribution in [3.8, 4) is 17.2 Å². The molecule has 0 spiro atoms. The van der Waals surface area contributed by atoms with Gasteiger partial charge in [-0.05, 0) is 0 Å². The van der Waals surface area contributed by atoms with Crippen LogP contribution in [0.1, 0.15) is 37.3 Å². The Morgan fingerprint density at radius 1 is 1.33 bits per heavy atom. The van der Waals surface area contributed by atoms with Crippen LogP contribution in [0.2, 0.25) is 0 Å². The summed E-state index contributed by atoms with van der Waals surface area (Å²) in [7, 11) is 0. The summed E-state index contributed by atoms with van der Waals surface area (Å²) in [6, 6.07) is 7.64. The Hall–Kier alpha value is -2.84. The molecule has 1 fully saturated rings. The third kappa shape index (κ3) is 3.17. The van der Waals surface area contributed by atoms with E-state index in [0.717, 1.165) is 39.5 Å². The van der Waals surface area contributed by atoms with Crippen molar-refractivity contribution in [3.63, 3.8) is 0 Å². The van der Waals surface area contributed by atoms with Crippen molar-refractivity contribution in [3.05, 3.63) is 36.3 Å². The van der Waals surface area contributed by atoms with Crippen molar-refractivity contribution in [2.45, 2.75) is 31.7 Å². The number of fused-ring (bicyclic) bond motifs is 1. The monoisotopic (exact) mass is 421 g/mol. The standard InChI is InChI=1S/C19H16AsN5O2/c20-17-16-14(11-5-6-15(24-19(26)27)12(7-11)8-21)9-25(13-3-1-2-4-13)18(16)23-10-22-17/h5-7,9-10,13,24H,1-4H2,(H,26,27).